The van der Waals surface area contributed by atoms with E-state index in [9.17, 15) is 0 Å². The molecule has 7 heteroatoms. The highest BCUT2D eigenvalue weighted by atomic mass is 127. The number of aromatic nitrogens is 4. The van der Waals surface area contributed by atoms with Gasteiger partial charge in [-0.2, -0.15) is 0 Å². The average molecular weight is 395 g/mol. The minimum Gasteiger partial charge on any atom is -0.393 e. The highest BCUT2D eigenvalue weighted by Crippen LogP contribution is 2.19. The van der Waals surface area contributed by atoms with Crippen LogP contribution in [0.1, 0.15) is 5.82 Å². The van der Waals surface area contributed by atoms with Gasteiger partial charge < -0.3 is 5.73 Å². The third-order valence-electron chi connectivity index (χ3n) is 2.77. The summed E-state index contributed by atoms with van der Waals surface area (Å²) in [6.45, 7) is 0. The zero-order chi connectivity index (χ0) is 14.1. The van der Waals surface area contributed by atoms with Crippen molar-refractivity contribution in [2.75, 3.05) is 0 Å². The summed E-state index contributed by atoms with van der Waals surface area (Å²) in [6.07, 6.45) is 3.95. The van der Waals surface area contributed by atoms with Gasteiger partial charge >= 0.3 is 0 Å². The molecule has 1 aromatic carbocycles. The molecule has 0 aliphatic rings. The summed E-state index contributed by atoms with van der Waals surface area (Å²) in [6, 6.07) is 7.82. The van der Waals surface area contributed by atoms with Gasteiger partial charge in [0, 0.05) is 16.0 Å². The minimum absolute atomic E-state index is 0.395. The summed E-state index contributed by atoms with van der Waals surface area (Å²) in [5.41, 5.74) is 7.47. The number of halogens is 1. The number of imidazole rings is 1. The molecule has 0 saturated carbocycles. The SMILES string of the molecule is NC(=S)Cc1nc2ccccc2n1-c1ncc(I)cn1. The molecule has 0 spiro atoms. The fraction of sp³-hybridized carbons (Fsp3) is 0.0769. The van der Waals surface area contributed by atoms with Crippen molar-refractivity contribution in [3.63, 3.8) is 0 Å². The van der Waals surface area contributed by atoms with Crippen LogP contribution in [0.25, 0.3) is 17.0 Å². The van der Waals surface area contributed by atoms with E-state index in [0.717, 1.165) is 20.4 Å². The molecule has 2 aromatic heterocycles. The van der Waals surface area contributed by atoms with Gasteiger partial charge in [-0.1, -0.05) is 24.4 Å². The number of thiocarbonyl (C=S) groups is 1. The molecular weight excluding hydrogens is 385 g/mol. The molecule has 0 bridgehead atoms. The maximum absolute atomic E-state index is 5.65. The molecular formula is C13H10IN5S. The van der Waals surface area contributed by atoms with Gasteiger partial charge in [0.25, 0.3) is 0 Å². The van der Waals surface area contributed by atoms with Gasteiger partial charge in [-0.25, -0.2) is 15.0 Å². The van der Waals surface area contributed by atoms with Crippen LogP contribution in [0.5, 0.6) is 0 Å². The van der Waals surface area contributed by atoms with Crippen molar-refractivity contribution in [1.82, 2.24) is 19.5 Å². The predicted molar refractivity (Wildman–Crippen MR) is 89.9 cm³/mol. The molecule has 0 saturated heterocycles. The Kier molecular flexibility index (Phi) is 3.62. The van der Waals surface area contributed by atoms with Crippen molar-refractivity contribution >= 4 is 50.8 Å². The summed E-state index contributed by atoms with van der Waals surface area (Å²) >= 11 is 7.17. The highest BCUT2D eigenvalue weighted by Gasteiger charge is 2.14. The first-order valence-electron chi connectivity index (χ1n) is 5.88. The molecule has 0 atom stereocenters. The predicted octanol–water partition coefficient (Wildman–Crippen LogP) is 2.25. The number of hydrogen-bond acceptors (Lipinski definition) is 4. The molecule has 0 unspecified atom stereocenters. The molecule has 0 amide bonds. The highest BCUT2D eigenvalue weighted by molar-refractivity contribution is 14.1. The van der Waals surface area contributed by atoms with E-state index >= 15 is 0 Å². The lowest BCUT2D eigenvalue weighted by Gasteiger charge is -2.06. The van der Waals surface area contributed by atoms with Crippen LogP contribution in [0.2, 0.25) is 0 Å². The van der Waals surface area contributed by atoms with Gasteiger partial charge in [0.05, 0.1) is 22.4 Å². The first kappa shape index (κ1) is 13.4. The Morgan fingerprint density at radius 1 is 1.25 bits per heavy atom. The molecule has 3 aromatic rings. The smallest absolute Gasteiger partial charge is 0.235 e. The van der Waals surface area contributed by atoms with Gasteiger partial charge in [0.1, 0.15) is 5.82 Å². The number of hydrogen-bond donors (Lipinski definition) is 1. The van der Waals surface area contributed by atoms with E-state index in [0.29, 0.717) is 17.4 Å². The maximum Gasteiger partial charge on any atom is 0.235 e. The third kappa shape index (κ3) is 2.50. The molecule has 2 N–H and O–H groups in total. The van der Waals surface area contributed by atoms with E-state index in [-0.39, 0.29) is 0 Å². The fourth-order valence-corrected chi connectivity index (χ4v) is 2.40. The number of para-hydroxylation sites is 2. The van der Waals surface area contributed by atoms with Crippen LogP contribution in [-0.2, 0) is 6.42 Å². The van der Waals surface area contributed by atoms with Gasteiger partial charge in [-0.3, -0.25) is 4.57 Å². The van der Waals surface area contributed by atoms with E-state index in [1.165, 1.54) is 0 Å². The number of fused-ring (bicyclic) bond motifs is 1. The van der Waals surface area contributed by atoms with E-state index in [2.05, 4.69) is 37.5 Å². The van der Waals surface area contributed by atoms with Crippen LogP contribution >= 0.6 is 34.8 Å². The van der Waals surface area contributed by atoms with Crippen LogP contribution in [0.15, 0.2) is 36.7 Å². The summed E-state index contributed by atoms with van der Waals surface area (Å²) in [7, 11) is 0. The molecule has 0 aliphatic carbocycles. The van der Waals surface area contributed by atoms with E-state index in [4.69, 9.17) is 18.0 Å². The Hall–Kier alpha value is -1.61. The van der Waals surface area contributed by atoms with Crippen molar-refractivity contribution in [3.8, 4) is 5.95 Å². The molecule has 0 aliphatic heterocycles. The number of nitrogens with two attached hydrogens (primary N) is 1. The van der Waals surface area contributed by atoms with Gasteiger partial charge in [0.15, 0.2) is 0 Å². The summed E-state index contributed by atoms with van der Waals surface area (Å²) in [5.74, 6) is 1.32. The lowest BCUT2D eigenvalue weighted by molar-refractivity contribution is 0.884. The molecule has 100 valence electrons. The molecule has 5 nitrogen and oxygen atoms in total. The zero-order valence-corrected chi connectivity index (χ0v) is 13.3. The van der Waals surface area contributed by atoms with E-state index in [1.54, 1.807) is 12.4 Å². The third-order valence-corrected chi connectivity index (χ3v) is 3.47. The van der Waals surface area contributed by atoms with Crippen molar-refractivity contribution in [1.29, 1.82) is 0 Å². The molecule has 3 rings (SSSR count). The van der Waals surface area contributed by atoms with Crippen LogP contribution < -0.4 is 5.73 Å². The van der Waals surface area contributed by atoms with E-state index in [1.807, 2.05) is 28.8 Å². The normalized spacial score (nSPS) is 10.8. The summed E-state index contributed by atoms with van der Waals surface area (Å²) in [4.78, 5) is 13.7. The van der Waals surface area contributed by atoms with Crippen molar-refractivity contribution in [2.45, 2.75) is 6.42 Å². The Morgan fingerprint density at radius 3 is 2.65 bits per heavy atom. The van der Waals surface area contributed by atoms with Crippen LogP contribution in [0.4, 0.5) is 0 Å². The molecule has 0 radical (unpaired) electrons. The second-order valence-corrected chi connectivity index (χ2v) is 5.97. The first-order chi connectivity index (χ1) is 9.65. The monoisotopic (exact) mass is 395 g/mol. The second-order valence-electron chi connectivity index (χ2n) is 4.20. The topological polar surface area (TPSA) is 69.6 Å². The summed E-state index contributed by atoms with van der Waals surface area (Å²) < 4.78 is 2.87. The number of benzene rings is 1. The molecule has 0 fully saturated rings. The quantitative estimate of drug-likeness (QED) is 0.544. The first-order valence-corrected chi connectivity index (χ1v) is 7.36. The second kappa shape index (κ2) is 5.41. The van der Waals surface area contributed by atoms with Gasteiger partial charge in [0.2, 0.25) is 5.95 Å². The Balaban J connectivity index is 2.25. The van der Waals surface area contributed by atoms with Crippen LogP contribution in [0, 0.1) is 3.57 Å². The Labute approximate surface area is 134 Å². The lowest BCUT2D eigenvalue weighted by atomic mass is 10.3. The van der Waals surface area contributed by atoms with Crippen molar-refractivity contribution in [3.05, 3.63) is 46.1 Å². The van der Waals surface area contributed by atoms with Gasteiger partial charge in [-0.15, -0.1) is 0 Å². The van der Waals surface area contributed by atoms with Crippen LogP contribution in [0.3, 0.4) is 0 Å². The van der Waals surface area contributed by atoms with E-state index < -0.39 is 0 Å². The zero-order valence-electron chi connectivity index (χ0n) is 10.3. The number of rotatable bonds is 3. The minimum atomic E-state index is 0.395. The molecule has 2 heterocycles. The fourth-order valence-electron chi connectivity index (χ4n) is 1.99. The average Bonchev–Trinajstić information content (AvgIpc) is 2.77. The van der Waals surface area contributed by atoms with Gasteiger partial charge in [-0.05, 0) is 34.7 Å². The standard InChI is InChI=1S/C13H10IN5S/c14-8-6-16-13(17-7-8)19-10-4-2-1-3-9(10)18-12(19)5-11(15)20/h1-4,6-7H,5H2,(H2,15,20). The Morgan fingerprint density at radius 2 is 1.95 bits per heavy atom. The van der Waals surface area contributed by atoms with Crippen molar-refractivity contribution in [2.24, 2.45) is 5.73 Å². The Bertz CT molecular complexity index is 781. The van der Waals surface area contributed by atoms with Crippen LogP contribution in [-0.4, -0.2) is 24.5 Å². The molecule has 20 heavy (non-hydrogen) atoms. The lowest BCUT2D eigenvalue weighted by Crippen LogP contribution is -2.15. The largest absolute Gasteiger partial charge is 0.393 e. The maximum atomic E-state index is 5.65. The summed E-state index contributed by atoms with van der Waals surface area (Å²) in [5, 5.41) is 0. The number of nitrogens with zero attached hydrogens (tertiary/aromatic N) is 4. The van der Waals surface area contributed by atoms with Crippen molar-refractivity contribution < 1.29 is 0 Å².